The van der Waals surface area contributed by atoms with E-state index in [9.17, 15) is 0 Å². The first kappa shape index (κ1) is 21.6. The molecule has 0 saturated carbocycles. The molecule has 1 aromatic rings. The Hall–Kier alpha value is -0.410. The third kappa shape index (κ3) is 6.15. The second-order valence-corrected chi connectivity index (χ2v) is 7.90. The Kier molecular flexibility index (Phi) is 9.51. The number of aryl methyl sites for hydroxylation is 2. The van der Waals surface area contributed by atoms with Crippen molar-refractivity contribution in [3.8, 4) is 0 Å². The summed E-state index contributed by atoms with van der Waals surface area (Å²) < 4.78 is 0. The first-order valence-electron chi connectivity index (χ1n) is 8.62. The molecular formula is C17H32IN5S. The molecule has 5 nitrogen and oxygen atoms in total. The number of thiazole rings is 1. The van der Waals surface area contributed by atoms with Gasteiger partial charge in [-0.3, -0.25) is 9.89 Å². The minimum Gasteiger partial charge on any atom is -0.355 e. The van der Waals surface area contributed by atoms with E-state index in [0.29, 0.717) is 12.0 Å². The molecule has 0 amide bonds. The Bertz CT molecular complexity index is 504. The van der Waals surface area contributed by atoms with Gasteiger partial charge >= 0.3 is 0 Å². The van der Waals surface area contributed by atoms with Crippen molar-refractivity contribution < 1.29 is 0 Å². The van der Waals surface area contributed by atoms with Gasteiger partial charge in [0.05, 0.1) is 12.2 Å². The van der Waals surface area contributed by atoms with Gasteiger partial charge in [-0.05, 0) is 45.7 Å². The molecule has 7 heteroatoms. The molecule has 1 aromatic heterocycles. The van der Waals surface area contributed by atoms with Crippen molar-refractivity contribution in [1.82, 2.24) is 20.5 Å². The van der Waals surface area contributed by atoms with Gasteiger partial charge in [0.2, 0.25) is 0 Å². The van der Waals surface area contributed by atoms with Crippen molar-refractivity contribution >= 4 is 41.3 Å². The number of hydrogen-bond acceptors (Lipinski definition) is 4. The number of likely N-dealkylation sites (tertiary alicyclic amines) is 1. The maximum absolute atomic E-state index is 4.57. The lowest BCUT2D eigenvalue weighted by Gasteiger charge is -2.31. The highest BCUT2D eigenvalue weighted by atomic mass is 127. The highest BCUT2D eigenvalue weighted by Crippen LogP contribution is 2.17. The fourth-order valence-corrected chi connectivity index (χ4v) is 3.93. The van der Waals surface area contributed by atoms with Crippen LogP contribution in [0.2, 0.25) is 0 Å². The largest absolute Gasteiger partial charge is 0.355 e. The summed E-state index contributed by atoms with van der Waals surface area (Å²) >= 11 is 1.75. The lowest BCUT2D eigenvalue weighted by Crippen LogP contribution is -2.48. The molecule has 1 unspecified atom stereocenters. The number of nitrogens with zero attached hydrogens (tertiary/aromatic N) is 3. The fraction of sp³-hybridized carbons (Fsp3) is 0.765. The van der Waals surface area contributed by atoms with Crippen LogP contribution in [-0.2, 0) is 6.54 Å². The van der Waals surface area contributed by atoms with Crippen LogP contribution in [0, 0.1) is 19.8 Å². The Balaban J connectivity index is 0.00000288. The Morgan fingerprint density at radius 1 is 1.25 bits per heavy atom. The number of guanidine groups is 1. The van der Waals surface area contributed by atoms with Crippen LogP contribution in [-0.4, -0.2) is 48.6 Å². The Labute approximate surface area is 167 Å². The van der Waals surface area contributed by atoms with E-state index in [-0.39, 0.29) is 24.0 Å². The van der Waals surface area contributed by atoms with Crippen LogP contribution in [0.3, 0.4) is 0 Å². The van der Waals surface area contributed by atoms with Gasteiger partial charge in [0.1, 0.15) is 5.01 Å². The summed E-state index contributed by atoms with van der Waals surface area (Å²) in [6, 6.07) is 0.570. The van der Waals surface area contributed by atoms with Gasteiger partial charge in [-0.15, -0.1) is 35.3 Å². The van der Waals surface area contributed by atoms with E-state index in [2.05, 4.69) is 53.2 Å². The van der Waals surface area contributed by atoms with Crippen molar-refractivity contribution in [3.05, 3.63) is 15.6 Å². The highest BCUT2D eigenvalue weighted by molar-refractivity contribution is 14.0. The van der Waals surface area contributed by atoms with E-state index < -0.39 is 0 Å². The van der Waals surface area contributed by atoms with E-state index in [0.717, 1.165) is 29.8 Å². The number of hydrogen-bond donors (Lipinski definition) is 2. The van der Waals surface area contributed by atoms with E-state index >= 15 is 0 Å². The lowest BCUT2D eigenvalue weighted by atomic mass is 10.0. The summed E-state index contributed by atoms with van der Waals surface area (Å²) in [6.07, 6.45) is 2.66. The molecule has 1 fully saturated rings. The van der Waals surface area contributed by atoms with E-state index in [1.165, 1.54) is 30.8 Å². The average molecular weight is 465 g/mol. The molecule has 0 bridgehead atoms. The minimum atomic E-state index is 0. The second-order valence-electron chi connectivity index (χ2n) is 6.61. The van der Waals surface area contributed by atoms with Gasteiger partial charge in [0.25, 0.3) is 0 Å². The fourth-order valence-electron chi connectivity index (χ4n) is 3.06. The SMILES string of the molecule is CN=C(NCc1nc(C)c(C)s1)NCC(C(C)C)N1CCCC1.I. The lowest BCUT2D eigenvalue weighted by molar-refractivity contribution is 0.192. The Morgan fingerprint density at radius 3 is 2.42 bits per heavy atom. The molecule has 0 aliphatic carbocycles. The van der Waals surface area contributed by atoms with Gasteiger partial charge < -0.3 is 10.6 Å². The van der Waals surface area contributed by atoms with Gasteiger partial charge in [0.15, 0.2) is 5.96 Å². The van der Waals surface area contributed by atoms with Crippen LogP contribution < -0.4 is 10.6 Å². The number of nitrogens with one attached hydrogen (secondary N) is 2. The van der Waals surface area contributed by atoms with Crippen molar-refractivity contribution in [2.45, 2.75) is 53.1 Å². The quantitative estimate of drug-likeness (QED) is 0.385. The molecule has 1 aliphatic rings. The summed E-state index contributed by atoms with van der Waals surface area (Å²) in [7, 11) is 1.83. The van der Waals surface area contributed by atoms with Crippen molar-refractivity contribution in [3.63, 3.8) is 0 Å². The summed E-state index contributed by atoms with van der Waals surface area (Å²) in [5.74, 6) is 1.50. The maximum atomic E-state index is 4.57. The van der Waals surface area contributed by atoms with Crippen molar-refractivity contribution in [1.29, 1.82) is 0 Å². The molecule has 2 N–H and O–H groups in total. The van der Waals surface area contributed by atoms with E-state index in [1.807, 2.05) is 7.05 Å². The zero-order valence-corrected chi connectivity index (χ0v) is 18.7. The first-order chi connectivity index (χ1) is 11.0. The highest BCUT2D eigenvalue weighted by Gasteiger charge is 2.24. The molecule has 2 heterocycles. The number of aliphatic imine (C=N–C) groups is 1. The van der Waals surface area contributed by atoms with Crippen molar-refractivity contribution in [2.24, 2.45) is 10.9 Å². The smallest absolute Gasteiger partial charge is 0.191 e. The number of aromatic nitrogens is 1. The van der Waals surface area contributed by atoms with Crippen LogP contribution in [0.1, 0.15) is 42.3 Å². The zero-order valence-electron chi connectivity index (χ0n) is 15.6. The average Bonchev–Trinajstić information content (AvgIpc) is 3.13. The number of halogens is 1. The third-order valence-electron chi connectivity index (χ3n) is 4.56. The van der Waals surface area contributed by atoms with Crippen LogP contribution in [0.5, 0.6) is 0 Å². The summed E-state index contributed by atoms with van der Waals surface area (Å²) in [5.41, 5.74) is 1.13. The van der Waals surface area contributed by atoms with Gasteiger partial charge in [-0.2, -0.15) is 0 Å². The molecule has 1 aliphatic heterocycles. The molecule has 1 atom stereocenters. The maximum Gasteiger partial charge on any atom is 0.191 e. The summed E-state index contributed by atoms with van der Waals surface area (Å²) in [5, 5.41) is 7.99. The first-order valence-corrected chi connectivity index (χ1v) is 9.44. The predicted molar refractivity (Wildman–Crippen MR) is 115 cm³/mol. The monoisotopic (exact) mass is 465 g/mol. The molecule has 0 radical (unpaired) electrons. The van der Waals surface area contributed by atoms with Crippen LogP contribution in [0.4, 0.5) is 0 Å². The normalized spacial score (nSPS) is 17.0. The van der Waals surface area contributed by atoms with Crippen LogP contribution in [0.25, 0.3) is 0 Å². The molecule has 0 spiro atoms. The molecular weight excluding hydrogens is 433 g/mol. The molecule has 1 saturated heterocycles. The molecule has 24 heavy (non-hydrogen) atoms. The standard InChI is InChI=1S/C17H31N5S.HI/c1-12(2)15(22-8-6-7-9-22)10-19-17(18-5)20-11-16-21-13(3)14(4)23-16;/h12,15H,6-11H2,1-5H3,(H2,18,19,20);1H. The van der Waals surface area contributed by atoms with Crippen molar-refractivity contribution in [2.75, 3.05) is 26.7 Å². The molecule has 2 rings (SSSR count). The minimum absolute atomic E-state index is 0. The number of rotatable bonds is 6. The van der Waals surface area contributed by atoms with Crippen LogP contribution >= 0.6 is 35.3 Å². The van der Waals surface area contributed by atoms with Gasteiger partial charge in [0, 0.05) is 24.5 Å². The summed E-state index contributed by atoms with van der Waals surface area (Å²) in [6.45, 7) is 12.9. The third-order valence-corrected chi connectivity index (χ3v) is 5.63. The predicted octanol–water partition coefficient (Wildman–Crippen LogP) is 3.16. The zero-order chi connectivity index (χ0) is 16.8. The second kappa shape index (κ2) is 10.6. The Morgan fingerprint density at radius 2 is 1.92 bits per heavy atom. The van der Waals surface area contributed by atoms with Gasteiger partial charge in [-0.1, -0.05) is 13.8 Å². The van der Waals surface area contributed by atoms with Gasteiger partial charge in [-0.25, -0.2) is 4.98 Å². The van der Waals surface area contributed by atoms with E-state index in [4.69, 9.17) is 0 Å². The summed E-state index contributed by atoms with van der Waals surface area (Å²) in [4.78, 5) is 12.8. The van der Waals surface area contributed by atoms with Crippen LogP contribution in [0.15, 0.2) is 4.99 Å². The molecule has 0 aromatic carbocycles. The molecule has 138 valence electrons. The van der Waals surface area contributed by atoms with E-state index in [1.54, 1.807) is 11.3 Å². The topological polar surface area (TPSA) is 52.6 Å².